The number of sulfone groups is 1. The van der Waals surface area contributed by atoms with Crippen molar-refractivity contribution >= 4 is 38.4 Å². The maximum atomic E-state index is 12.5. The van der Waals surface area contributed by atoms with Gasteiger partial charge in [0.1, 0.15) is 11.5 Å². The van der Waals surface area contributed by atoms with Crippen molar-refractivity contribution in [1.82, 2.24) is 5.32 Å². The van der Waals surface area contributed by atoms with Gasteiger partial charge in [-0.1, -0.05) is 11.8 Å². The van der Waals surface area contributed by atoms with E-state index in [-0.39, 0.29) is 28.7 Å². The summed E-state index contributed by atoms with van der Waals surface area (Å²) in [6.45, 7) is 0.460. The highest BCUT2D eigenvalue weighted by Crippen LogP contribution is 2.34. The van der Waals surface area contributed by atoms with Gasteiger partial charge in [0, 0.05) is 23.0 Å². The van der Waals surface area contributed by atoms with Crippen LogP contribution in [-0.2, 0) is 16.3 Å². The zero-order valence-corrected chi connectivity index (χ0v) is 19.5. The number of rotatable bonds is 7. The highest BCUT2D eigenvalue weighted by molar-refractivity contribution is 8.15. The maximum Gasteiger partial charge on any atom is 0.251 e. The molecule has 10 heteroatoms. The minimum atomic E-state index is -2.96. The zero-order valence-electron chi connectivity index (χ0n) is 17.8. The van der Waals surface area contributed by atoms with Crippen molar-refractivity contribution in [3.63, 3.8) is 0 Å². The standard InChI is InChI=1S/C22H25N3O5S2/c1-29-17-7-8-19(30-2)15(11-17)9-10-23-21(26)14-3-5-16(6-4-14)24-22-25-18-12-32(27,28)13-20(18)31-22/h3-8,11,18,20H,9-10,12-13H2,1-2H3,(H,23,26)(H,24,25)/t18-,20-/m0/s1. The van der Waals surface area contributed by atoms with Crippen LogP contribution in [0.5, 0.6) is 11.5 Å². The van der Waals surface area contributed by atoms with E-state index in [1.807, 2.05) is 30.3 Å². The Morgan fingerprint density at radius 1 is 1.12 bits per heavy atom. The second-order valence-electron chi connectivity index (χ2n) is 7.62. The fourth-order valence-electron chi connectivity index (χ4n) is 3.73. The first-order valence-electron chi connectivity index (χ1n) is 10.2. The molecule has 1 fully saturated rings. The van der Waals surface area contributed by atoms with Crippen LogP contribution in [0.25, 0.3) is 0 Å². The number of fused-ring (bicyclic) bond motifs is 1. The summed E-state index contributed by atoms with van der Waals surface area (Å²) in [5.74, 6) is 1.63. The predicted octanol–water partition coefficient (Wildman–Crippen LogP) is 2.36. The fourth-order valence-corrected chi connectivity index (χ4v) is 7.41. The van der Waals surface area contributed by atoms with Crippen molar-refractivity contribution in [2.75, 3.05) is 37.6 Å². The van der Waals surface area contributed by atoms with E-state index in [9.17, 15) is 13.2 Å². The molecule has 2 aliphatic rings. The van der Waals surface area contributed by atoms with Gasteiger partial charge >= 0.3 is 0 Å². The molecule has 0 aliphatic carbocycles. The van der Waals surface area contributed by atoms with E-state index in [1.165, 1.54) is 11.8 Å². The van der Waals surface area contributed by atoms with Gasteiger partial charge in [-0.05, 0) is 54.4 Å². The predicted molar refractivity (Wildman–Crippen MR) is 127 cm³/mol. The molecule has 0 unspecified atom stereocenters. The highest BCUT2D eigenvalue weighted by atomic mass is 32.2. The summed E-state index contributed by atoms with van der Waals surface area (Å²) < 4.78 is 34.0. The lowest BCUT2D eigenvalue weighted by Gasteiger charge is -2.11. The number of carbonyl (C=O) groups is 1. The second-order valence-corrected chi connectivity index (χ2v) is 11.0. The van der Waals surface area contributed by atoms with E-state index < -0.39 is 9.84 Å². The van der Waals surface area contributed by atoms with Crippen LogP contribution in [0.2, 0.25) is 0 Å². The Kier molecular flexibility index (Phi) is 6.61. The third-order valence-electron chi connectivity index (χ3n) is 5.38. The molecule has 0 aromatic heterocycles. The van der Waals surface area contributed by atoms with Crippen LogP contribution >= 0.6 is 11.8 Å². The summed E-state index contributed by atoms with van der Waals surface area (Å²) in [5, 5.41) is 6.85. The van der Waals surface area contributed by atoms with Gasteiger partial charge in [0.2, 0.25) is 0 Å². The van der Waals surface area contributed by atoms with Gasteiger partial charge in [-0.2, -0.15) is 0 Å². The van der Waals surface area contributed by atoms with Gasteiger partial charge in [0.05, 0.1) is 31.8 Å². The van der Waals surface area contributed by atoms with Crippen LogP contribution in [0.3, 0.4) is 0 Å². The van der Waals surface area contributed by atoms with Gasteiger partial charge in [-0.15, -0.1) is 0 Å². The van der Waals surface area contributed by atoms with Gasteiger partial charge in [0.25, 0.3) is 5.91 Å². The summed E-state index contributed by atoms with van der Waals surface area (Å²) in [6.07, 6.45) is 0.612. The Morgan fingerprint density at radius 2 is 1.91 bits per heavy atom. The number of nitrogens with zero attached hydrogens (tertiary/aromatic N) is 1. The molecule has 170 valence electrons. The first-order chi connectivity index (χ1) is 15.4. The number of thioether (sulfide) groups is 1. The molecule has 1 amide bonds. The van der Waals surface area contributed by atoms with Crippen LogP contribution in [0.4, 0.5) is 5.69 Å². The number of methoxy groups -OCH3 is 2. The van der Waals surface area contributed by atoms with E-state index >= 15 is 0 Å². The van der Waals surface area contributed by atoms with Crippen LogP contribution in [-0.4, -0.2) is 63.1 Å². The molecule has 2 atom stereocenters. The number of nitrogens with one attached hydrogen (secondary N) is 2. The molecule has 2 N–H and O–H groups in total. The summed E-state index contributed by atoms with van der Waals surface area (Å²) in [6, 6.07) is 12.5. The van der Waals surface area contributed by atoms with Gasteiger partial charge in [-0.25, -0.2) is 8.42 Å². The number of anilines is 1. The summed E-state index contributed by atoms with van der Waals surface area (Å²) >= 11 is 1.46. The van der Waals surface area contributed by atoms with Crippen LogP contribution in [0.15, 0.2) is 47.5 Å². The molecule has 2 aromatic carbocycles. The lowest BCUT2D eigenvalue weighted by Crippen LogP contribution is -2.25. The first-order valence-corrected chi connectivity index (χ1v) is 12.9. The Morgan fingerprint density at radius 3 is 2.59 bits per heavy atom. The van der Waals surface area contributed by atoms with E-state index in [2.05, 4.69) is 15.6 Å². The van der Waals surface area contributed by atoms with Crippen molar-refractivity contribution in [3.8, 4) is 11.5 Å². The quantitative estimate of drug-likeness (QED) is 0.633. The van der Waals surface area contributed by atoms with Crippen molar-refractivity contribution in [2.45, 2.75) is 17.7 Å². The third-order valence-corrected chi connectivity index (χ3v) is 8.53. The number of ether oxygens (including phenoxy) is 2. The van der Waals surface area contributed by atoms with E-state index in [0.717, 1.165) is 27.9 Å². The average molecular weight is 476 g/mol. The summed E-state index contributed by atoms with van der Waals surface area (Å²) in [5.41, 5.74) is 2.31. The number of hydrogen-bond donors (Lipinski definition) is 2. The molecule has 0 saturated carbocycles. The van der Waals surface area contributed by atoms with Gasteiger partial charge in [0.15, 0.2) is 15.0 Å². The van der Waals surface area contributed by atoms with Crippen LogP contribution in [0.1, 0.15) is 15.9 Å². The van der Waals surface area contributed by atoms with Crippen molar-refractivity contribution in [1.29, 1.82) is 0 Å². The lowest BCUT2D eigenvalue weighted by molar-refractivity contribution is 0.0954. The molecule has 0 radical (unpaired) electrons. The topological polar surface area (TPSA) is 106 Å². The number of amidine groups is 1. The Hall–Kier alpha value is -2.72. The molecule has 0 spiro atoms. The molecule has 1 saturated heterocycles. The number of carbonyl (C=O) groups excluding carboxylic acids is 1. The van der Waals surface area contributed by atoms with E-state index in [1.54, 1.807) is 26.4 Å². The number of amides is 1. The largest absolute Gasteiger partial charge is 0.497 e. The number of aliphatic imine (C=N–C) groups is 1. The van der Waals surface area contributed by atoms with Crippen LogP contribution < -0.4 is 20.1 Å². The molecule has 2 heterocycles. The molecular formula is C22H25N3O5S2. The normalized spacial score (nSPS) is 20.9. The highest BCUT2D eigenvalue weighted by Gasteiger charge is 2.42. The second kappa shape index (κ2) is 9.41. The Bertz CT molecular complexity index is 1130. The van der Waals surface area contributed by atoms with E-state index in [0.29, 0.717) is 18.5 Å². The SMILES string of the molecule is COc1ccc(OC)c(CCNC(=O)c2ccc(NC3=N[C@H]4CS(=O)(=O)C[C@@H]4S3)cc2)c1. The minimum absolute atomic E-state index is 0.00393. The van der Waals surface area contributed by atoms with Crippen molar-refractivity contribution in [3.05, 3.63) is 53.6 Å². The van der Waals surface area contributed by atoms with Gasteiger partial charge in [-0.3, -0.25) is 9.79 Å². The molecule has 0 bridgehead atoms. The molecule has 32 heavy (non-hydrogen) atoms. The van der Waals surface area contributed by atoms with Crippen LogP contribution in [0, 0.1) is 0 Å². The molecule has 8 nitrogen and oxygen atoms in total. The summed E-state index contributed by atoms with van der Waals surface area (Å²) in [7, 11) is 0.262. The van der Waals surface area contributed by atoms with Crippen molar-refractivity contribution in [2.24, 2.45) is 4.99 Å². The zero-order chi connectivity index (χ0) is 22.7. The average Bonchev–Trinajstić information content (AvgIpc) is 3.26. The molecule has 2 aromatic rings. The Labute approximate surface area is 191 Å². The van der Waals surface area contributed by atoms with E-state index in [4.69, 9.17) is 9.47 Å². The molecular weight excluding hydrogens is 450 g/mol. The minimum Gasteiger partial charge on any atom is -0.497 e. The summed E-state index contributed by atoms with van der Waals surface area (Å²) in [4.78, 5) is 17.0. The Balaban J connectivity index is 1.29. The monoisotopic (exact) mass is 475 g/mol. The third kappa shape index (κ3) is 5.18. The van der Waals surface area contributed by atoms with Crippen molar-refractivity contribution < 1.29 is 22.7 Å². The maximum absolute atomic E-state index is 12.5. The molecule has 4 rings (SSSR count). The fraction of sp³-hybridized carbons (Fsp3) is 0.364. The number of hydrogen-bond acceptors (Lipinski definition) is 8. The number of benzene rings is 2. The van der Waals surface area contributed by atoms with Gasteiger partial charge < -0.3 is 20.1 Å². The smallest absolute Gasteiger partial charge is 0.251 e. The first kappa shape index (κ1) is 22.5. The molecule has 2 aliphatic heterocycles. The lowest BCUT2D eigenvalue weighted by atomic mass is 10.1.